The quantitative estimate of drug-likeness (QED) is 0.457. The van der Waals surface area contributed by atoms with Crippen LogP contribution in [0.25, 0.3) is 21.7 Å². The van der Waals surface area contributed by atoms with Crippen LogP contribution < -0.4 is 11.2 Å². The zero-order valence-electron chi connectivity index (χ0n) is 9.81. The molecule has 0 fully saturated rings. The minimum Gasteiger partial charge on any atom is -0.477 e. The van der Waals surface area contributed by atoms with E-state index in [4.69, 9.17) is 10.8 Å². The Bertz CT molecular complexity index is 881. The van der Waals surface area contributed by atoms with Crippen LogP contribution in [0, 0.1) is 0 Å². The van der Waals surface area contributed by atoms with Crippen molar-refractivity contribution in [3.05, 3.63) is 52.3 Å². The Morgan fingerprint density at radius 2 is 1.84 bits per heavy atom. The molecule has 0 atom stereocenters. The van der Waals surface area contributed by atoms with Gasteiger partial charge in [0.1, 0.15) is 5.69 Å². The van der Waals surface area contributed by atoms with Crippen molar-refractivity contribution in [1.82, 2.24) is 4.98 Å². The van der Waals surface area contributed by atoms with Crippen LogP contribution in [0.3, 0.4) is 0 Å². The van der Waals surface area contributed by atoms with Gasteiger partial charge in [-0.25, -0.2) is 4.79 Å². The van der Waals surface area contributed by atoms with Crippen molar-refractivity contribution in [2.75, 3.05) is 5.73 Å². The summed E-state index contributed by atoms with van der Waals surface area (Å²) in [6.45, 7) is 0. The smallest absolute Gasteiger partial charge is 0.352 e. The second-order valence-electron chi connectivity index (χ2n) is 4.28. The highest BCUT2D eigenvalue weighted by atomic mass is 16.4. The molecular weight excluding hydrogens is 244 g/mol. The van der Waals surface area contributed by atoms with Gasteiger partial charge in [-0.05, 0) is 12.1 Å². The van der Waals surface area contributed by atoms with Crippen molar-refractivity contribution in [2.45, 2.75) is 0 Å². The molecule has 19 heavy (non-hydrogen) atoms. The Balaban J connectivity index is 2.57. The summed E-state index contributed by atoms with van der Waals surface area (Å²) < 4.78 is 0. The highest BCUT2D eigenvalue weighted by molar-refractivity contribution is 6.09. The van der Waals surface area contributed by atoms with Crippen LogP contribution >= 0.6 is 0 Å². The van der Waals surface area contributed by atoms with E-state index in [0.717, 1.165) is 16.8 Å². The topological polar surface area (TPSA) is 96.2 Å². The van der Waals surface area contributed by atoms with Crippen molar-refractivity contribution < 1.29 is 9.90 Å². The Morgan fingerprint density at radius 1 is 1.11 bits per heavy atom. The van der Waals surface area contributed by atoms with Gasteiger partial charge < -0.3 is 15.8 Å². The van der Waals surface area contributed by atoms with Gasteiger partial charge in [0.15, 0.2) is 5.43 Å². The number of hydrogen-bond acceptors (Lipinski definition) is 3. The fraction of sp³-hybridized carbons (Fsp3) is 0. The molecule has 1 aromatic heterocycles. The molecule has 0 spiro atoms. The first-order valence-electron chi connectivity index (χ1n) is 5.65. The van der Waals surface area contributed by atoms with Crippen molar-refractivity contribution in [1.29, 1.82) is 0 Å². The molecule has 0 aliphatic carbocycles. The van der Waals surface area contributed by atoms with Gasteiger partial charge in [0.25, 0.3) is 0 Å². The molecule has 1 heterocycles. The second-order valence-corrected chi connectivity index (χ2v) is 4.28. The fourth-order valence-corrected chi connectivity index (χ4v) is 2.22. The summed E-state index contributed by atoms with van der Waals surface area (Å²) in [5.41, 5.74) is 6.50. The fourth-order valence-electron chi connectivity index (χ4n) is 2.22. The second kappa shape index (κ2) is 3.84. The van der Waals surface area contributed by atoms with Crippen molar-refractivity contribution in [3.63, 3.8) is 0 Å². The third kappa shape index (κ3) is 1.63. The third-order valence-electron chi connectivity index (χ3n) is 3.13. The molecule has 3 aromatic rings. The van der Waals surface area contributed by atoms with Gasteiger partial charge >= 0.3 is 5.97 Å². The number of aromatic nitrogens is 1. The summed E-state index contributed by atoms with van der Waals surface area (Å²) in [5.74, 6) is -1.17. The molecule has 4 N–H and O–H groups in total. The number of carboxylic acid groups (broad SMARTS) is 1. The molecule has 0 saturated heterocycles. The van der Waals surface area contributed by atoms with Crippen molar-refractivity contribution in [3.8, 4) is 0 Å². The normalized spacial score (nSPS) is 10.9. The summed E-state index contributed by atoms with van der Waals surface area (Å²) in [5, 5.41) is 11.0. The molecule has 94 valence electrons. The van der Waals surface area contributed by atoms with Gasteiger partial charge in [-0.3, -0.25) is 4.79 Å². The van der Waals surface area contributed by atoms with Gasteiger partial charge in [0, 0.05) is 27.9 Å². The summed E-state index contributed by atoms with van der Waals surface area (Å²) >= 11 is 0. The van der Waals surface area contributed by atoms with E-state index in [-0.39, 0.29) is 11.1 Å². The Labute approximate surface area is 107 Å². The van der Waals surface area contributed by atoms with Crippen LogP contribution in [0.1, 0.15) is 10.5 Å². The van der Waals surface area contributed by atoms with Gasteiger partial charge in [0.2, 0.25) is 0 Å². The average molecular weight is 254 g/mol. The van der Waals surface area contributed by atoms with Gasteiger partial charge in [-0.1, -0.05) is 18.2 Å². The lowest BCUT2D eigenvalue weighted by atomic mass is 10.0. The van der Waals surface area contributed by atoms with E-state index in [9.17, 15) is 9.59 Å². The SMILES string of the molecule is Nc1cccc2c1ccc1c(=O)cc(C(=O)O)[nH]c12. The van der Waals surface area contributed by atoms with E-state index in [0.29, 0.717) is 16.6 Å². The molecule has 3 rings (SSSR count). The molecule has 5 heteroatoms. The van der Waals surface area contributed by atoms with E-state index in [1.54, 1.807) is 30.3 Å². The minimum absolute atomic E-state index is 0.132. The molecule has 0 radical (unpaired) electrons. The highest BCUT2D eigenvalue weighted by Crippen LogP contribution is 2.26. The summed E-state index contributed by atoms with van der Waals surface area (Å²) in [4.78, 5) is 25.7. The maximum atomic E-state index is 11.9. The Hall–Kier alpha value is -2.82. The zero-order chi connectivity index (χ0) is 13.6. The number of hydrogen-bond donors (Lipinski definition) is 3. The molecule has 0 aliphatic heterocycles. The maximum absolute atomic E-state index is 11.9. The van der Waals surface area contributed by atoms with Crippen LogP contribution in [-0.4, -0.2) is 16.1 Å². The minimum atomic E-state index is -1.17. The number of benzene rings is 2. The number of rotatable bonds is 1. The number of nitrogens with two attached hydrogens (primary N) is 1. The molecule has 2 aromatic carbocycles. The van der Waals surface area contributed by atoms with E-state index in [1.807, 2.05) is 0 Å². The lowest BCUT2D eigenvalue weighted by molar-refractivity contribution is 0.0691. The van der Waals surface area contributed by atoms with Gasteiger partial charge in [-0.15, -0.1) is 0 Å². The number of nitrogen functional groups attached to an aromatic ring is 1. The molecule has 5 nitrogen and oxygen atoms in total. The number of carbonyl (C=O) groups is 1. The zero-order valence-corrected chi connectivity index (χ0v) is 9.81. The summed E-state index contributed by atoms with van der Waals surface area (Å²) in [7, 11) is 0. The molecule has 0 aliphatic rings. The number of aromatic amines is 1. The summed E-state index contributed by atoms with van der Waals surface area (Å²) in [6.07, 6.45) is 0. The van der Waals surface area contributed by atoms with E-state index < -0.39 is 5.97 Å². The molecular formula is C14H10N2O3. The molecule has 0 unspecified atom stereocenters. The Kier molecular flexibility index (Phi) is 2.28. The highest BCUT2D eigenvalue weighted by Gasteiger charge is 2.10. The standard InChI is InChI=1S/C14H10N2O3/c15-10-3-1-2-8-7(10)4-5-9-12(17)6-11(14(18)19)16-13(8)9/h1-6H,15H2,(H,16,17)(H,18,19). The third-order valence-corrected chi connectivity index (χ3v) is 3.13. The van der Waals surface area contributed by atoms with Crippen molar-refractivity contribution in [2.24, 2.45) is 0 Å². The first-order valence-corrected chi connectivity index (χ1v) is 5.65. The largest absolute Gasteiger partial charge is 0.477 e. The predicted molar refractivity (Wildman–Crippen MR) is 73.4 cm³/mol. The molecule has 0 saturated carbocycles. The van der Waals surface area contributed by atoms with E-state index in [1.165, 1.54) is 0 Å². The van der Waals surface area contributed by atoms with Crippen molar-refractivity contribution >= 4 is 33.3 Å². The van der Waals surface area contributed by atoms with E-state index >= 15 is 0 Å². The number of anilines is 1. The lowest BCUT2D eigenvalue weighted by Crippen LogP contribution is -2.09. The maximum Gasteiger partial charge on any atom is 0.352 e. The number of aromatic carboxylic acids is 1. The van der Waals surface area contributed by atoms with E-state index in [2.05, 4.69) is 4.98 Å². The molecule has 0 amide bonds. The first kappa shape index (κ1) is 11.3. The monoisotopic (exact) mass is 254 g/mol. The Morgan fingerprint density at radius 3 is 2.58 bits per heavy atom. The van der Waals surface area contributed by atoms with Crippen LogP contribution in [0.4, 0.5) is 5.69 Å². The van der Waals surface area contributed by atoms with Gasteiger partial charge in [-0.2, -0.15) is 0 Å². The summed E-state index contributed by atoms with van der Waals surface area (Å²) in [6, 6.07) is 9.83. The first-order chi connectivity index (χ1) is 9.08. The average Bonchev–Trinajstić information content (AvgIpc) is 2.38. The number of H-pyrrole nitrogens is 1. The molecule has 0 bridgehead atoms. The van der Waals surface area contributed by atoms with Gasteiger partial charge in [0.05, 0.1) is 5.52 Å². The van der Waals surface area contributed by atoms with Crippen LogP contribution in [-0.2, 0) is 0 Å². The van der Waals surface area contributed by atoms with Crippen LogP contribution in [0.5, 0.6) is 0 Å². The van der Waals surface area contributed by atoms with Crippen LogP contribution in [0.2, 0.25) is 0 Å². The lowest BCUT2D eigenvalue weighted by Gasteiger charge is -2.06. The number of nitrogens with one attached hydrogen (secondary N) is 1. The number of fused-ring (bicyclic) bond motifs is 3. The van der Waals surface area contributed by atoms with Crippen LogP contribution in [0.15, 0.2) is 41.2 Å². The number of pyridine rings is 1. The number of carboxylic acids is 1. The predicted octanol–water partition coefficient (Wildman–Crippen LogP) is 1.96.